The van der Waals surface area contributed by atoms with Crippen LogP contribution in [0.15, 0.2) is 18.5 Å². The van der Waals surface area contributed by atoms with Gasteiger partial charge in [-0.25, -0.2) is 0 Å². The number of nitrogens with one attached hydrogen (secondary N) is 1. The average Bonchev–Trinajstić information content (AvgIpc) is 2.38. The van der Waals surface area contributed by atoms with Gasteiger partial charge in [-0.15, -0.1) is 0 Å². The summed E-state index contributed by atoms with van der Waals surface area (Å²) in [7, 11) is 0. The van der Waals surface area contributed by atoms with Crippen LogP contribution in [0.25, 0.3) is 0 Å². The van der Waals surface area contributed by atoms with Gasteiger partial charge < -0.3 is 10.7 Å². The fraction of sp³-hybridized carbons (Fsp3) is 0.500. The molecular weight excluding hydrogens is 124 g/mol. The molecule has 0 fully saturated rings. The normalized spacial score (nSPS) is 13.4. The summed E-state index contributed by atoms with van der Waals surface area (Å²) >= 11 is 0. The Balaban J connectivity index is 2.50. The van der Waals surface area contributed by atoms with Crippen LogP contribution in [0.5, 0.6) is 0 Å². The van der Waals surface area contributed by atoms with Crippen LogP contribution in [-0.2, 0) is 0 Å². The molecule has 1 rings (SSSR count). The molecule has 0 aromatic carbocycles. The van der Waals surface area contributed by atoms with Crippen LogP contribution in [0, 0.1) is 0 Å². The summed E-state index contributed by atoms with van der Waals surface area (Å²) in [5.74, 6) is 0.594. The van der Waals surface area contributed by atoms with E-state index in [9.17, 15) is 0 Å². The highest BCUT2D eigenvalue weighted by molar-refractivity contribution is 5.13. The first-order valence-corrected chi connectivity index (χ1v) is 3.67. The van der Waals surface area contributed by atoms with E-state index in [1.807, 2.05) is 12.4 Å². The maximum Gasteiger partial charge on any atom is 0.00400 e. The van der Waals surface area contributed by atoms with Crippen molar-refractivity contribution in [3.8, 4) is 0 Å². The minimum absolute atomic E-state index is 0.594. The van der Waals surface area contributed by atoms with E-state index in [2.05, 4.69) is 18.0 Å². The minimum atomic E-state index is 0.594. The van der Waals surface area contributed by atoms with E-state index in [1.54, 1.807) is 0 Å². The highest BCUT2D eigenvalue weighted by atomic mass is 14.6. The van der Waals surface area contributed by atoms with Crippen LogP contribution in [0.3, 0.4) is 0 Å². The predicted molar refractivity (Wildman–Crippen MR) is 42.9 cm³/mol. The Kier molecular flexibility index (Phi) is 2.51. The molecule has 0 amide bonds. The SMILES string of the molecule is CC(CCN)c1cc[nH]c1. The lowest BCUT2D eigenvalue weighted by atomic mass is 10.0. The van der Waals surface area contributed by atoms with Gasteiger partial charge >= 0.3 is 0 Å². The summed E-state index contributed by atoms with van der Waals surface area (Å²) in [5.41, 5.74) is 6.78. The van der Waals surface area contributed by atoms with E-state index in [0.717, 1.165) is 13.0 Å². The standard InChI is InChI=1S/C8H14N2/c1-7(2-4-9)8-3-5-10-6-8/h3,5-7,10H,2,4,9H2,1H3. The molecule has 10 heavy (non-hydrogen) atoms. The number of aromatic amines is 1. The van der Waals surface area contributed by atoms with Gasteiger partial charge in [-0.2, -0.15) is 0 Å². The molecule has 0 saturated carbocycles. The molecule has 0 aliphatic carbocycles. The number of hydrogen-bond donors (Lipinski definition) is 2. The zero-order valence-corrected chi connectivity index (χ0v) is 6.30. The number of rotatable bonds is 3. The molecule has 0 saturated heterocycles. The fourth-order valence-corrected chi connectivity index (χ4v) is 1.06. The maximum absolute atomic E-state index is 5.43. The third-order valence-corrected chi connectivity index (χ3v) is 1.79. The lowest BCUT2D eigenvalue weighted by Gasteiger charge is -2.05. The molecular formula is C8H14N2. The van der Waals surface area contributed by atoms with Crippen LogP contribution >= 0.6 is 0 Å². The summed E-state index contributed by atoms with van der Waals surface area (Å²) in [6, 6.07) is 2.10. The Bertz CT molecular complexity index is 167. The van der Waals surface area contributed by atoms with E-state index in [-0.39, 0.29) is 0 Å². The van der Waals surface area contributed by atoms with Crippen molar-refractivity contribution >= 4 is 0 Å². The van der Waals surface area contributed by atoms with Crippen LogP contribution in [0.1, 0.15) is 24.8 Å². The molecule has 1 heterocycles. The van der Waals surface area contributed by atoms with Gasteiger partial charge in [0.2, 0.25) is 0 Å². The van der Waals surface area contributed by atoms with E-state index in [1.165, 1.54) is 5.56 Å². The van der Waals surface area contributed by atoms with Gasteiger partial charge in [-0.1, -0.05) is 6.92 Å². The molecule has 1 unspecified atom stereocenters. The zero-order chi connectivity index (χ0) is 7.40. The van der Waals surface area contributed by atoms with Crippen molar-refractivity contribution in [1.82, 2.24) is 4.98 Å². The largest absolute Gasteiger partial charge is 0.367 e. The molecule has 0 aliphatic rings. The molecule has 1 aromatic heterocycles. The van der Waals surface area contributed by atoms with Crippen molar-refractivity contribution in [2.75, 3.05) is 6.54 Å². The average molecular weight is 138 g/mol. The van der Waals surface area contributed by atoms with Crippen molar-refractivity contribution < 1.29 is 0 Å². The highest BCUT2D eigenvalue weighted by Crippen LogP contribution is 2.16. The summed E-state index contributed by atoms with van der Waals surface area (Å²) in [6.45, 7) is 2.96. The molecule has 1 atom stereocenters. The van der Waals surface area contributed by atoms with Crippen LogP contribution < -0.4 is 5.73 Å². The zero-order valence-electron chi connectivity index (χ0n) is 6.30. The summed E-state index contributed by atoms with van der Waals surface area (Å²) in [5, 5.41) is 0. The molecule has 56 valence electrons. The molecule has 1 aromatic rings. The third-order valence-electron chi connectivity index (χ3n) is 1.79. The molecule has 0 bridgehead atoms. The quantitative estimate of drug-likeness (QED) is 0.652. The summed E-state index contributed by atoms with van der Waals surface area (Å²) < 4.78 is 0. The Morgan fingerprint density at radius 1 is 1.70 bits per heavy atom. The van der Waals surface area contributed by atoms with E-state index in [0.29, 0.717) is 5.92 Å². The van der Waals surface area contributed by atoms with Gasteiger partial charge in [0.05, 0.1) is 0 Å². The summed E-state index contributed by atoms with van der Waals surface area (Å²) in [6.07, 6.45) is 5.04. The topological polar surface area (TPSA) is 41.8 Å². The fourth-order valence-electron chi connectivity index (χ4n) is 1.06. The maximum atomic E-state index is 5.43. The van der Waals surface area contributed by atoms with Crippen molar-refractivity contribution in [2.24, 2.45) is 5.73 Å². The first-order chi connectivity index (χ1) is 4.84. The highest BCUT2D eigenvalue weighted by Gasteiger charge is 2.02. The van der Waals surface area contributed by atoms with Gasteiger partial charge in [0.25, 0.3) is 0 Å². The van der Waals surface area contributed by atoms with Crippen LogP contribution in [0.4, 0.5) is 0 Å². The number of aromatic nitrogens is 1. The van der Waals surface area contributed by atoms with Crippen LogP contribution in [-0.4, -0.2) is 11.5 Å². The number of H-pyrrole nitrogens is 1. The first kappa shape index (κ1) is 7.35. The molecule has 0 spiro atoms. The number of nitrogens with two attached hydrogens (primary N) is 1. The molecule has 2 heteroatoms. The lowest BCUT2D eigenvalue weighted by Crippen LogP contribution is -2.03. The predicted octanol–water partition coefficient (Wildman–Crippen LogP) is 1.47. The summed E-state index contributed by atoms with van der Waals surface area (Å²) in [4.78, 5) is 3.03. The molecule has 2 nitrogen and oxygen atoms in total. The second-order valence-electron chi connectivity index (χ2n) is 2.62. The van der Waals surface area contributed by atoms with Gasteiger partial charge in [0, 0.05) is 12.4 Å². The van der Waals surface area contributed by atoms with Crippen molar-refractivity contribution in [3.63, 3.8) is 0 Å². The second-order valence-corrected chi connectivity index (χ2v) is 2.62. The Morgan fingerprint density at radius 3 is 3.00 bits per heavy atom. The van der Waals surface area contributed by atoms with Crippen molar-refractivity contribution in [3.05, 3.63) is 24.0 Å². The first-order valence-electron chi connectivity index (χ1n) is 3.67. The van der Waals surface area contributed by atoms with E-state index in [4.69, 9.17) is 5.73 Å². The second kappa shape index (κ2) is 3.42. The third kappa shape index (κ3) is 1.61. The van der Waals surface area contributed by atoms with Gasteiger partial charge in [-0.05, 0) is 30.5 Å². The Morgan fingerprint density at radius 2 is 2.50 bits per heavy atom. The molecule has 0 aliphatic heterocycles. The molecule has 0 radical (unpaired) electrons. The van der Waals surface area contributed by atoms with Gasteiger partial charge in [0.15, 0.2) is 0 Å². The van der Waals surface area contributed by atoms with Gasteiger partial charge in [-0.3, -0.25) is 0 Å². The minimum Gasteiger partial charge on any atom is -0.367 e. The van der Waals surface area contributed by atoms with E-state index >= 15 is 0 Å². The molecule has 3 N–H and O–H groups in total. The number of hydrogen-bond acceptors (Lipinski definition) is 1. The van der Waals surface area contributed by atoms with Crippen molar-refractivity contribution in [1.29, 1.82) is 0 Å². The van der Waals surface area contributed by atoms with Gasteiger partial charge in [0.1, 0.15) is 0 Å². The van der Waals surface area contributed by atoms with Crippen molar-refractivity contribution in [2.45, 2.75) is 19.3 Å². The Labute approximate surface area is 61.4 Å². The van der Waals surface area contributed by atoms with E-state index < -0.39 is 0 Å². The van der Waals surface area contributed by atoms with Crippen LogP contribution in [0.2, 0.25) is 0 Å². The smallest absolute Gasteiger partial charge is 0.00400 e. The monoisotopic (exact) mass is 138 g/mol. The lowest BCUT2D eigenvalue weighted by molar-refractivity contribution is 0.691. The Hall–Kier alpha value is -0.760.